The summed E-state index contributed by atoms with van der Waals surface area (Å²) in [6.45, 7) is 3.76. The molecule has 2 aromatic carbocycles. The van der Waals surface area contributed by atoms with Crippen molar-refractivity contribution in [2.75, 3.05) is 0 Å². The molecular weight excluding hydrogens is 252 g/mol. The summed E-state index contributed by atoms with van der Waals surface area (Å²) in [6, 6.07) is 11.6. The van der Waals surface area contributed by atoms with Gasteiger partial charge in [-0.3, -0.25) is 4.79 Å². The predicted octanol–water partition coefficient (Wildman–Crippen LogP) is 2.50. The average Bonchev–Trinajstić information content (AvgIpc) is 2.43. The zero-order valence-electron chi connectivity index (χ0n) is 11.8. The van der Waals surface area contributed by atoms with Gasteiger partial charge in [0.1, 0.15) is 5.75 Å². The first-order valence-corrected chi connectivity index (χ1v) is 6.77. The summed E-state index contributed by atoms with van der Waals surface area (Å²) in [5, 5.41) is 1.99. The SMILES string of the molecule is CCC(Oc1c([C@H](C)N)ccc2ccccc12)C(N)=O. The summed E-state index contributed by atoms with van der Waals surface area (Å²) in [5.41, 5.74) is 12.3. The molecule has 4 N–H and O–H groups in total. The molecule has 0 fully saturated rings. The third-order valence-electron chi connectivity index (χ3n) is 3.35. The maximum atomic E-state index is 11.4. The van der Waals surface area contributed by atoms with Crippen LogP contribution in [0.1, 0.15) is 31.9 Å². The van der Waals surface area contributed by atoms with Gasteiger partial charge in [-0.25, -0.2) is 0 Å². The van der Waals surface area contributed by atoms with Gasteiger partial charge < -0.3 is 16.2 Å². The van der Waals surface area contributed by atoms with E-state index in [4.69, 9.17) is 16.2 Å². The number of ether oxygens (including phenoxy) is 1. The zero-order valence-corrected chi connectivity index (χ0v) is 11.8. The summed E-state index contributed by atoms with van der Waals surface area (Å²) in [6.07, 6.45) is -0.116. The lowest BCUT2D eigenvalue weighted by Gasteiger charge is -2.20. The van der Waals surface area contributed by atoms with E-state index in [1.54, 1.807) is 0 Å². The smallest absolute Gasteiger partial charge is 0.258 e. The monoisotopic (exact) mass is 272 g/mol. The second-order valence-electron chi connectivity index (χ2n) is 4.91. The van der Waals surface area contributed by atoms with E-state index in [2.05, 4.69) is 0 Å². The molecule has 0 bridgehead atoms. The molecule has 4 nitrogen and oxygen atoms in total. The Labute approximate surface area is 118 Å². The van der Waals surface area contributed by atoms with E-state index in [1.807, 2.05) is 50.2 Å². The zero-order chi connectivity index (χ0) is 14.7. The van der Waals surface area contributed by atoms with Crippen molar-refractivity contribution in [1.82, 2.24) is 0 Å². The van der Waals surface area contributed by atoms with Crippen LogP contribution in [0.15, 0.2) is 36.4 Å². The maximum Gasteiger partial charge on any atom is 0.258 e. The maximum absolute atomic E-state index is 11.4. The van der Waals surface area contributed by atoms with E-state index < -0.39 is 12.0 Å². The van der Waals surface area contributed by atoms with Crippen LogP contribution in [0.4, 0.5) is 0 Å². The number of carbonyl (C=O) groups excluding carboxylic acids is 1. The molecule has 2 atom stereocenters. The van der Waals surface area contributed by atoms with Crippen LogP contribution in [-0.4, -0.2) is 12.0 Å². The number of benzene rings is 2. The Kier molecular flexibility index (Phi) is 4.25. The van der Waals surface area contributed by atoms with Crippen molar-refractivity contribution in [3.05, 3.63) is 42.0 Å². The van der Waals surface area contributed by atoms with Gasteiger partial charge in [-0.1, -0.05) is 43.3 Å². The quantitative estimate of drug-likeness (QED) is 0.877. The molecule has 20 heavy (non-hydrogen) atoms. The fourth-order valence-corrected chi connectivity index (χ4v) is 2.23. The number of nitrogens with two attached hydrogens (primary N) is 2. The Balaban J connectivity index is 2.57. The van der Waals surface area contributed by atoms with Crippen molar-refractivity contribution >= 4 is 16.7 Å². The number of amides is 1. The molecule has 0 aliphatic heterocycles. The van der Waals surface area contributed by atoms with Crippen LogP contribution in [0, 0.1) is 0 Å². The molecule has 1 amide bonds. The van der Waals surface area contributed by atoms with Crippen molar-refractivity contribution in [2.45, 2.75) is 32.4 Å². The van der Waals surface area contributed by atoms with E-state index in [0.717, 1.165) is 16.3 Å². The van der Waals surface area contributed by atoms with Crippen LogP contribution in [0.2, 0.25) is 0 Å². The number of carbonyl (C=O) groups is 1. The first kappa shape index (κ1) is 14.3. The lowest BCUT2D eigenvalue weighted by atomic mass is 10.0. The normalized spacial score (nSPS) is 13.9. The highest BCUT2D eigenvalue weighted by atomic mass is 16.5. The molecule has 106 valence electrons. The summed E-state index contributed by atoms with van der Waals surface area (Å²) < 4.78 is 5.88. The third-order valence-corrected chi connectivity index (χ3v) is 3.35. The molecule has 2 rings (SSSR count). The highest BCUT2D eigenvalue weighted by molar-refractivity contribution is 5.90. The van der Waals surface area contributed by atoms with Gasteiger partial charge >= 0.3 is 0 Å². The van der Waals surface area contributed by atoms with Crippen molar-refractivity contribution in [2.24, 2.45) is 11.5 Å². The second kappa shape index (κ2) is 5.92. The van der Waals surface area contributed by atoms with Crippen LogP contribution in [0.5, 0.6) is 5.75 Å². The lowest BCUT2D eigenvalue weighted by Crippen LogP contribution is -2.33. The standard InChI is InChI=1S/C16H20N2O2/c1-3-14(16(18)19)20-15-12(10(2)17)9-8-11-6-4-5-7-13(11)15/h4-10,14H,3,17H2,1-2H3,(H2,18,19)/t10-,14?/m0/s1. The fraction of sp³-hybridized carbons (Fsp3) is 0.312. The van der Waals surface area contributed by atoms with E-state index in [9.17, 15) is 4.79 Å². The highest BCUT2D eigenvalue weighted by Gasteiger charge is 2.19. The van der Waals surface area contributed by atoms with Crippen LogP contribution in [0.3, 0.4) is 0 Å². The first-order valence-electron chi connectivity index (χ1n) is 6.77. The molecule has 0 saturated carbocycles. The number of primary amides is 1. The molecule has 0 spiro atoms. The third kappa shape index (κ3) is 2.75. The summed E-state index contributed by atoms with van der Waals surface area (Å²) in [4.78, 5) is 11.4. The predicted molar refractivity (Wildman–Crippen MR) is 80.5 cm³/mol. The highest BCUT2D eigenvalue weighted by Crippen LogP contribution is 2.33. The number of hydrogen-bond donors (Lipinski definition) is 2. The topological polar surface area (TPSA) is 78.3 Å². The van der Waals surface area contributed by atoms with Gasteiger partial charge in [0, 0.05) is 17.0 Å². The molecule has 0 heterocycles. The van der Waals surface area contributed by atoms with Crippen LogP contribution >= 0.6 is 0 Å². The minimum Gasteiger partial charge on any atom is -0.480 e. The number of rotatable bonds is 5. The summed E-state index contributed by atoms with van der Waals surface area (Å²) >= 11 is 0. The molecule has 0 aromatic heterocycles. The molecule has 0 aliphatic carbocycles. The molecule has 0 saturated heterocycles. The van der Waals surface area contributed by atoms with E-state index in [-0.39, 0.29) is 6.04 Å². The molecular formula is C16H20N2O2. The van der Waals surface area contributed by atoms with Gasteiger partial charge in [-0.05, 0) is 18.7 Å². The molecule has 0 aliphatic rings. The van der Waals surface area contributed by atoms with Crippen LogP contribution < -0.4 is 16.2 Å². The Morgan fingerprint density at radius 1 is 1.25 bits per heavy atom. The van der Waals surface area contributed by atoms with E-state index in [1.165, 1.54) is 0 Å². The minimum absolute atomic E-state index is 0.181. The van der Waals surface area contributed by atoms with Crippen molar-refractivity contribution in [3.63, 3.8) is 0 Å². The van der Waals surface area contributed by atoms with Gasteiger partial charge in [0.05, 0.1) is 0 Å². The number of fused-ring (bicyclic) bond motifs is 1. The largest absolute Gasteiger partial charge is 0.480 e. The molecule has 1 unspecified atom stereocenters. The van der Waals surface area contributed by atoms with Crippen LogP contribution in [0.25, 0.3) is 10.8 Å². The summed E-state index contributed by atoms with van der Waals surface area (Å²) in [7, 11) is 0. The molecule has 4 heteroatoms. The Morgan fingerprint density at radius 2 is 1.95 bits per heavy atom. The minimum atomic E-state index is -0.640. The first-order chi connectivity index (χ1) is 9.54. The van der Waals surface area contributed by atoms with Crippen molar-refractivity contribution < 1.29 is 9.53 Å². The average molecular weight is 272 g/mol. The molecule has 0 radical (unpaired) electrons. The Morgan fingerprint density at radius 3 is 2.55 bits per heavy atom. The van der Waals surface area contributed by atoms with Gasteiger partial charge in [-0.2, -0.15) is 0 Å². The Bertz CT molecular complexity index is 623. The van der Waals surface area contributed by atoms with E-state index in [0.29, 0.717) is 12.2 Å². The van der Waals surface area contributed by atoms with Gasteiger partial charge in [0.15, 0.2) is 6.10 Å². The lowest BCUT2D eigenvalue weighted by molar-refractivity contribution is -0.124. The number of hydrogen-bond acceptors (Lipinski definition) is 3. The van der Waals surface area contributed by atoms with Crippen LogP contribution in [-0.2, 0) is 4.79 Å². The fourth-order valence-electron chi connectivity index (χ4n) is 2.23. The van der Waals surface area contributed by atoms with Crippen molar-refractivity contribution in [3.8, 4) is 5.75 Å². The van der Waals surface area contributed by atoms with Gasteiger partial charge in [0.2, 0.25) is 0 Å². The summed E-state index contributed by atoms with van der Waals surface area (Å²) in [5.74, 6) is 0.194. The van der Waals surface area contributed by atoms with E-state index >= 15 is 0 Å². The Hall–Kier alpha value is -2.07. The molecule has 2 aromatic rings. The van der Waals surface area contributed by atoms with Crippen molar-refractivity contribution in [1.29, 1.82) is 0 Å². The van der Waals surface area contributed by atoms with Gasteiger partial charge in [-0.15, -0.1) is 0 Å². The second-order valence-corrected chi connectivity index (χ2v) is 4.91. The van der Waals surface area contributed by atoms with Gasteiger partial charge in [0.25, 0.3) is 5.91 Å².